The minimum atomic E-state index is 0.201. The molecule has 36 valence electrons. The van der Waals surface area contributed by atoms with E-state index in [1.807, 2.05) is 5.34 Å². The molecule has 0 saturated heterocycles. The van der Waals surface area contributed by atoms with Crippen LogP contribution in [0.15, 0.2) is 5.34 Å². The van der Waals surface area contributed by atoms with Crippen LogP contribution in [0.1, 0.15) is 0 Å². The Morgan fingerprint density at radius 2 is 2.50 bits per heavy atom. The van der Waals surface area contributed by atoms with Gasteiger partial charge in [-0.25, -0.2) is 4.94 Å². The molecule has 0 spiro atoms. The van der Waals surface area contributed by atoms with Gasteiger partial charge in [0.05, 0.1) is 7.05 Å². The summed E-state index contributed by atoms with van der Waals surface area (Å²) in [6, 6.07) is 0. The lowest BCUT2D eigenvalue weighted by Crippen LogP contribution is -2.07. The minimum Gasteiger partial charge on any atom is -0.279 e. The van der Waals surface area contributed by atoms with E-state index in [1.54, 1.807) is 0 Å². The van der Waals surface area contributed by atoms with E-state index in [4.69, 9.17) is 10.1 Å². The highest BCUT2D eigenvalue weighted by molar-refractivity contribution is 3.92. The molecule has 0 aromatic carbocycles. The van der Waals surface area contributed by atoms with Crippen LogP contribution in [0.5, 0.6) is 0 Å². The summed E-state index contributed by atoms with van der Waals surface area (Å²) in [7, 11) is 1.13. The fraction of sp³-hybridized carbons (Fsp3) is 1.00. The van der Waals surface area contributed by atoms with Gasteiger partial charge in [0, 0.05) is 5.23 Å². The van der Waals surface area contributed by atoms with Crippen LogP contribution in [-0.4, -0.2) is 17.5 Å². The molecule has 0 amide bonds. The van der Waals surface area contributed by atoms with Gasteiger partial charge in [-0.15, -0.1) is 4.91 Å². The predicted molar refractivity (Wildman–Crippen MR) is 16.4 cm³/mol. The molecule has 0 saturated carbocycles. The Kier molecular flexibility index (Phi) is 2.26. The lowest BCUT2D eigenvalue weighted by Gasteiger charge is -1.95. The molecule has 0 aliphatic rings. The number of nitrogens with zero attached hydrogens (tertiary/aromatic N) is 2. The van der Waals surface area contributed by atoms with E-state index >= 15 is 0 Å². The van der Waals surface area contributed by atoms with Gasteiger partial charge in [-0.05, 0) is 0 Å². The third kappa shape index (κ3) is 3.32. The Balaban J connectivity index is 2.81. The van der Waals surface area contributed by atoms with E-state index in [0.717, 1.165) is 7.05 Å². The highest BCUT2D eigenvalue weighted by atomic mass is 17.0. The zero-order chi connectivity index (χ0) is 4.99. The van der Waals surface area contributed by atoms with Crippen LogP contribution in [0.4, 0.5) is 0 Å². The molecular weight excluding hydrogens is 88.0 g/mol. The van der Waals surface area contributed by atoms with Crippen molar-refractivity contribution in [2.45, 2.75) is 0 Å². The monoisotopic (exact) mass is 92.0 g/mol. The molecule has 0 bridgehead atoms. The molecule has 0 aliphatic heterocycles. The van der Waals surface area contributed by atoms with Gasteiger partial charge < -0.3 is 0 Å². The lowest BCUT2D eigenvalue weighted by molar-refractivity contribution is -0.325. The topological polar surface area (TPSA) is 62.1 Å². The molecule has 5 nitrogen and oxygen atoms in total. The third-order valence-corrected chi connectivity index (χ3v) is 0.151. The largest absolute Gasteiger partial charge is 0.279 e. The van der Waals surface area contributed by atoms with Crippen molar-refractivity contribution in [1.29, 1.82) is 0 Å². The summed E-state index contributed by atoms with van der Waals surface area (Å²) in [5.74, 6) is 0. The maximum atomic E-state index is 8.94. The Bertz CT molecular complexity index is 44.1. The van der Waals surface area contributed by atoms with E-state index in [0.29, 0.717) is 0 Å². The smallest absolute Gasteiger partial charge is 0.178 e. The quantitative estimate of drug-likeness (QED) is 0.382. The van der Waals surface area contributed by atoms with Crippen molar-refractivity contribution in [1.82, 2.24) is 5.23 Å². The van der Waals surface area contributed by atoms with Crippen LogP contribution in [0.3, 0.4) is 0 Å². The number of hydrogen-bond acceptors (Lipinski definition) is 5. The van der Waals surface area contributed by atoms with Crippen LogP contribution >= 0.6 is 0 Å². The predicted octanol–water partition coefficient (Wildman–Crippen LogP) is -0.0796. The Morgan fingerprint density at radius 1 is 2.00 bits per heavy atom. The molecule has 0 fully saturated rings. The molecule has 5 heteroatoms. The molecule has 0 rings (SSSR count). The second-order valence-corrected chi connectivity index (χ2v) is 0.620. The van der Waals surface area contributed by atoms with E-state index in [9.17, 15) is 0 Å². The summed E-state index contributed by atoms with van der Waals surface area (Å²) in [4.78, 5) is 12.4. The minimum absolute atomic E-state index is 0.201. The van der Waals surface area contributed by atoms with Gasteiger partial charge in [0.15, 0.2) is 5.34 Å². The molecule has 1 N–H and O–H groups in total. The second-order valence-electron chi connectivity index (χ2n) is 0.620. The molecule has 0 unspecified atom stereocenters. The maximum absolute atomic E-state index is 8.94. The number of hydrogen-bond donors (Lipinski definition) is 1. The summed E-state index contributed by atoms with van der Waals surface area (Å²) >= 11 is 0. The average Bonchev–Trinajstić information content (AvgIpc) is 1.35. The summed E-state index contributed by atoms with van der Waals surface area (Å²) in [5, 5.41) is 9.93. The van der Waals surface area contributed by atoms with Gasteiger partial charge >= 0.3 is 0 Å². The SMILES string of the molecule is CN(O)ON=O. The zero-order valence-corrected chi connectivity index (χ0v) is 3.16. The average molecular weight is 92.1 g/mol. The first-order valence-electron chi connectivity index (χ1n) is 1.19. The van der Waals surface area contributed by atoms with Crippen LogP contribution < -0.4 is 0 Å². The molecule has 0 atom stereocenters. The number of rotatable bonds is 2. The Morgan fingerprint density at radius 3 is 2.50 bits per heavy atom. The second kappa shape index (κ2) is 2.55. The van der Waals surface area contributed by atoms with E-state index in [-0.39, 0.29) is 5.23 Å². The van der Waals surface area contributed by atoms with Gasteiger partial charge in [-0.2, -0.15) is 0 Å². The molecule has 0 heterocycles. The van der Waals surface area contributed by atoms with E-state index < -0.39 is 0 Å². The summed E-state index contributed by atoms with van der Waals surface area (Å²) in [5.41, 5.74) is 0. The van der Waals surface area contributed by atoms with Crippen LogP contribution in [-0.2, 0) is 4.94 Å². The lowest BCUT2D eigenvalue weighted by atomic mass is 11.5. The Labute approximate surface area is 34.0 Å². The van der Waals surface area contributed by atoms with Crippen molar-refractivity contribution in [3.05, 3.63) is 4.91 Å². The summed E-state index contributed by atoms with van der Waals surface area (Å²) < 4.78 is 0. The van der Waals surface area contributed by atoms with Crippen molar-refractivity contribution in [2.24, 2.45) is 5.34 Å². The third-order valence-electron chi connectivity index (χ3n) is 0.151. The molecule has 0 aromatic heterocycles. The normalized spacial score (nSPS) is 8.50. The molecule has 0 radical (unpaired) electrons. The van der Waals surface area contributed by atoms with E-state index in [2.05, 4.69) is 4.94 Å². The highest BCUT2D eigenvalue weighted by Gasteiger charge is 1.81. The fourth-order valence-corrected chi connectivity index (χ4v) is 0.0482. The van der Waals surface area contributed by atoms with Crippen LogP contribution in [0.2, 0.25) is 0 Å². The fourth-order valence-electron chi connectivity index (χ4n) is 0.0482. The van der Waals surface area contributed by atoms with Crippen LogP contribution in [0.25, 0.3) is 0 Å². The van der Waals surface area contributed by atoms with E-state index in [1.165, 1.54) is 0 Å². The molecular formula is CH4N2O3. The first-order valence-corrected chi connectivity index (χ1v) is 1.19. The van der Waals surface area contributed by atoms with Gasteiger partial charge in [0.1, 0.15) is 0 Å². The summed E-state index contributed by atoms with van der Waals surface area (Å²) in [6.45, 7) is 0. The first-order chi connectivity index (χ1) is 2.77. The van der Waals surface area contributed by atoms with Crippen molar-refractivity contribution >= 4 is 0 Å². The van der Waals surface area contributed by atoms with Crippen molar-refractivity contribution in [3.63, 3.8) is 0 Å². The van der Waals surface area contributed by atoms with Gasteiger partial charge in [0.2, 0.25) is 0 Å². The van der Waals surface area contributed by atoms with Crippen LogP contribution in [0, 0.1) is 4.91 Å². The van der Waals surface area contributed by atoms with Gasteiger partial charge in [0.25, 0.3) is 0 Å². The van der Waals surface area contributed by atoms with Crippen molar-refractivity contribution < 1.29 is 10.1 Å². The molecule has 6 heavy (non-hydrogen) atoms. The Hall–Kier alpha value is -0.680. The first kappa shape index (κ1) is 5.32. The number of hydroxylamine groups is 2. The maximum Gasteiger partial charge on any atom is 0.178 e. The zero-order valence-electron chi connectivity index (χ0n) is 3.16. The van der Waals surface area contributed by atoms with Crippen molar-refractivity contribution in [3.8, 4) is 0 Å². The van der Waals surface area contributed by atoms with Crippen molar-refractivity contribution in [2.75, 3.05) is 7.05 Å². The van der Waals surface area contributed by atoms with Gasteiger partial charge in [-0.1, -0.05) is 0 Å². The standard InChI is InChI=1S/CH4N2O3/c1-3(5)6-2-4/h5H,1H3. The molecule has 0 aromatic rings. The molecule has 0 aliphatic carbocycles. The van der Waals surface area contributed by atoms with Gasteiger partial charge in [-0.3, -0.25) is 5.21 Å². The highest BCUT2D eigenvalue weighted by Crippen LogP contribution is 1.72. The summed E-state index contributed by atoms with van der Waals surface area (Å²) in [6.07, 6.45) is 0.